The van der Waals surface area contributed by atoms with E-state index in [1.165, 1.54) is 0 Å². The first-order valence-corrected chi connectivity index (χ1v) is 6.29. The van der Waals surface area contributed by atoms with E-state index >= 15 is 0 Å². The number of aromatic carboxylic acids is 1. The molecule has 5 heteroatoms. The maximum Gasteiger partial charge on any atom is 0.335 e. The van der Waals surface area contributed by atoms with E-state index < -0.39 is 5.97 Å². The van der Waals surface area contributed by atoms with Crippen molar-refractivity contribution in [3.63, 3.8) is 0 Å². The third-order valence-electron chi connectivity index (χ3n) is 2.89. The van der Waals surface area contributed by atoms with E-state index in [9.17, 15) is 9.59 Å². The van der Waals surface area contributed by atoms with Crippen molar-refractivity contribution in [2.45, 2.75) is 20.3 Å². The lowest BCUT2D eigenvalue weighted by Gasteiger charge is -2.25. The number of amides is 1. The summed E-state index contributed by atoms with van der Waals surface area (Å²) in [7, 11) is 1.60. The quantitative estimate of drug-likeness (QED) is 0.819. The van der Waals surface area contributed by atoms with Gasteiger partial charge in [0.05, 0.1) is 12.1 Å². The molecule has 104 valence electrons. The molecule has 0 heterocycles. The summed E-state index contributed by atoms with van der Waals surface area (Å²) in [5.74, 6) is -1.00. The van der Waals surface area contributed by atoms with Crippen LogP contribution in [0.5, 0.6) is 0 Å². The number of likely N-dealkylation sites (N-methyl/N-ethyl adjacent to an activating group) is 1. The van der Waals surface area contributed by atoms with Crippen LogP contribution in [0.25, 0.3) is 0 Å². The highest BCUT2D eigenvalue weighted by Gasteiger charge is 2.13. The van der Waals surface area contributed by atoms with Crippen LogP contribution in [0.1, 0.15) is 29.3 Å². The fourth-order valence-electron chi connectivity index (χ4n) is 1.95. The molecule has 1 aromatic carbocycles. The van der Waals surface area contributed by atoms with Crippen LogP contribution in [0.3, 0.4) is 0 Å². The summed E-state index contributed by atoms with van der Waals surface area (Å²) in [4.78, 5) is 24.4. The Morgan fingerprint density at radius 3 is 2.53 bits per heavy atom. The lowest BCUT2D eigenvalue weighted by molar-refractivity contribution is -0.119. The third-order valence-corrected chi connectivity index (χ3v) is 2.89. The topological polar surface area (TPSA) is 69.6 Å². The second-order valence-corrected chi connectivity index (χ2v) is 4.40. The maximum absolute atomic E-state index is 11.5. The van der Waals surface area contributed by atoms with Gasteiger partial charge in [0.15, 0.2) is 0 Å². The Balaban J connectivity index is 3.02. The van der Waals surface area contributed by atoms with Crippen LogP contribution < -0.4 is 10.2 Å². The van der Waals surface area contributed by atoms with Crippen molar-refractivity contribution in [2.75, 3.05) is 25.0 Å². The fourth-order valence-corrected chi connectivity index (χ4v) is 1.95. The molecule has 0 radical (unpaired) electrons. The zero-order valence-corrected chi connectivity index (χ0v) is 11.6. The number of aryl methyl sites for hydroxylation is 1. The molecule has 0 aliphatic carbocycles. The molecule has 0 aliphatic rings. The molecule has 0 unspecified atom stereocenters. The van der Waals surface area contributed by atoms with Crippen LogP contribution in [-0.4, -0.2) is 37.1 Å². The molecule has 0 fully saturated rings. The molecular formula is C14H20N2O3. The van der Waals surface area contributed by atoms with Gasteiger partial charge in [-0.25, -0.2) is 4.79 Å². The SMILES string of the molecule is CCCN(CC(=O)NC)c1ccc(C(=O)O)cc1C. The van der Waals surface area contributed by atoms with Gasteiger partial charge in [-0.2, -0.15) is 0 Å². The van der Waals surface area contributed by atoms with Crippen LogP contribution in [-0.2, 0) is 4.79 Å². The molecule has 0 spiro atoms. The van der Waals surface area contributed by atoms with E-state index in [-0.39, 0.29) is 18.0 Å². The Bertz CT molecular complexity index is 472. The number of carboxylic acid groups (broad SMARTS) is 1. The van der Waals surface area contributed by atoms with E-state index in [2.05, 4.69) is 5.32 Å². The fraction of sp³-hybridized carbons (Fsp3) is 0.429. The van der Waals surface area contributed by atoms with Crippen molar-refractivity contribution in [3.05, 3.63) is 29.3 Å². The molecule has 5 nitrogen and oxygen atoms in total. The molecule has 1 amide bonds. The summed E-state index contributed by atoms with van der Waals surface area (Å²) in [6.45, 7) is 4.92. The number of carbonyl (C=O) groups excluding carboxylic acids is 1. The van der Waals surface area contributed by atoms with E-state index in [0.29, 0.717) is 0 Å². The predicted octanol–water partition coefficient (Wildman–Crippen LogP) is 1.66. The highest BCUT2D eigenvalue weighted by Crippen LogP contribution is 2.21. The largest absolute Gasteiger partial charge is 0.478 e. The molecule has 0 atom stereocenters. The number of anilines is 1. The van der Waals surface area contributed by atoms with Crippen molar-refractivity contribution in [1.82, 2.24) is 5.32 Å². The first-order valence-electron chi connectivity index (χ1n) is 6.29. The molecule has 19 heavy (non-hydrogen) atoms. The molecule has 0 saturated carbocycles. The summed E-state index contributed by atoms with van der Waals surface area (Å²) in [6.07, 6.45) is 0.914. The number of carboxylic acids is 1. The zero-order valence-electron chi connectivity index (χ0n) is 11.6. The molecule has 2 N–H and O–H groups in total. The summed E-state index contributed by atoms with van der Waals surface area (Å²) in [5, 5.41) is 11.5. The normalized spacial score (nSPS) is 10.1. The van der Waals surface area contributed by atoms with Gasteiger partial charge in [0, 0.05) is 19.3 Å². The molecule has 0 aromatic heterocycles. The van der Waals surface area contributed by atoms with Gasteiger partial charge in [0.2, 0.25) is 5.91 Å². The van der Waals surface area contributed by atoms with E-state index in [0.717, 1.165) is 24.2 Å². The van der Waals surface area contributed by atoms with Crippen LogP contribution in [0.2, 0.25) is 0 Å². The average molecular weight is 264 g/mol. The Hall–Kier alpha value is -2.04. The molecule has 0 aliphatic heterocycles. The molecule has 1 aromatic rings. The van der Waals surface area contributed by atoms with Crippen LogP contribution in [0, 0.1) is 6.92 Å². The van der Waals surface area contributed by atoms with Gasteiger partial charge in [-0.05, 0) is 37.1 Å². The second kappa shape index (κ2) is 6.78. The second-order valence-electron chi connectivity index (χ2n) is 4.40. The Morgan fingerprint density at radius 2 is 2.05 bits per heavy atom. The number of carbonyl (C=O) groups is 2. The van der Waals surface area contributed by atoms with Crippen LogP contribution >= 0.6 is 0 Å². The van der Waals surface area contributed by atoms with Crippen molar-refractivity contribution >= 4 is 17.6 Å². The standard InChI is InChI=1S/C14H20N2O3/c1-4-7-16(9-13(17)15-3)12-6-5-11(14(18)19)8-10(12)2/h5-6,8H,4,7,9H2,1-3H3,(H,15,17)(H,18,19). The number of benzene rings is 1. The van der Waals surface area contributed by atoms with Crippen LogP contribution in [0.15, 0.2) is 18.2 Å². The van der Waals surface area contributed by atoms with Crippen molar-refractivity contribution in [1.29, 1.82) is 0 Å². The Kier molecular flexibility index (Phi) is 5.36. The van der Waals surface area contributed by atoms with E-state index in [1.807, 2.05) is 18.7 Å². The third kappa shape index (κ3) is 3.98. The summed E-state index contributed by atoms with van der Waals surface area (Å²) in [6, 6.07) is 4.96. The summed E-state index contributed by atoms with van der Waals surface area (Å²) >= 11 is 0. The monoisotopic (exact) mass is 264 g/mol. The smallest absolute Gasteiger partial charge is 0.335 e. The first kappa shape index (κ1) is 15.0. The number of rotatable bonds is 6. The zero-order chi connectivity index (χ0) is 14.4. The highest BCUT2D eigenvalue weighted by molar-refractivity contribution is 5.89. The highest BCUT2D eigenvalue weighted by atomic mass is 16.4. The minimum absolute atomic E-state index is 0.0600. The molecular weight excluding hydrogens is 244 g/mol. The lowest BCUT2D eigenvalue weighted by Crippen LogP contribution is -2.36. The minimum atomic E-state index is -0.942. The van der Waals surface area contributed by atoms with Gasteiger partial charge in [-0.3, -0.25) is 4.79 Å². The van der Waals surface area contributed by atoms with Gasteiger partial charge in [-0.1, -0.05) is 6.92 Å². The molecule has 0 bridgehead atoms. The Labute approximate surface area is 113 Å². The van der Waals surface area contributed by atoms with E-state index in [4.69, 9.17) is 5.11 Å². The van der Waals surface area contributed by atoms with E-state index in [1.54, 1.807) is 25.2 Å². The average Bonchev–Trinajstić information content (AvgIpc) is 2.37. The van der Waals surface area contributed by atoms with Crippen molar-refractivity contribution in [2.24, 2.45) is 0 Å². The Morgan fingerprint density at radius 1 is 1.37 bits per heavy atom. The number of nitrogens with zero attached hydrogens (tertiary/aromatic N) is 1. The minimum Gasteiger partial charge on any atom is -0.478 e. The maximum atomic E-state index is 11.5. The van der Waals surface area contributed by atoms with Gasteiger partial charge < -0.3 is 15.3 Å². The van der Waals surface area contributed by atoms with Crippen LogP contribution in [0.4, 0.5) is 5.69 Å². The van der Waals surface area contributed by atoms with Gasteiger partial charge in [0.25, 0.3) is 0 Å². The molecule has 0 saturated heterocycles. The van der Waals surface area contributed by atoms with Gasteiger partial charge >= 0.3 is 5.97 Å². The van der Waals surface area contributed by atoms with Crippen molar-refractivity contribution in [3.8, 4) is 0 Å². The summed E-state index contributed by atoms with van der Waals surface area (Å²) in [5.41, 5.74) is 2.02. The van der Waals surface area contributed by atoms with Gasteiger partial charge in [-0.15, -0.1) is 0 Å². The number of hydrogen-bond donors (Lipinski definition) is 2. The van der Waals surface area contributed by atoms with Crippen molar-refractivity contribution < 1.29 is 14.7 Å². The number of nitrogens with one attached hydrogen (secondary N) is 1. The first-order chi connectivity index (χ1) is 8.99. The lowest BCUT2D eigenvalue weighted by atomic mass is 10.1. The van der Waals surface area contributed by atoms with Gasteiger partial charge in [0.1, 0.15) is 0 Å². The molecule has 1 rings (SSSR count). The summed E-state index contributed by atoms with van der Waals surface area (Å²) < 4.78 is 0. The predicted molar refractivity (Wildman–Crippen MR) is 74.7 cm³/mol. The number of hydrogen-bond acceptors (Lipinski definition) is 3.